The molecule has 0 unspecified atom stereocenters. The smallest absolute Gasteiger partial charge is 0.327 e. The summed E-state index contributed by atoms with van der Waals surface area (Å²) in [6.07, 6.45) is 1.61. The Bertz CT molecular complexity index is 850. The quantitative estimate of drug-likeness (QED) is 0.488. The number of amides is 3. The van der Waals surface area contributed by atoms with Gasteiger partial charge in [0.2, 0.25) is 10.0 Å². The average molecular weight is 382 g/mol. The van der Waals surface area contributed by atoms with Gasteiger partial charge in [-0.15, -0.1) is 0 Å². The van der Waals surface area contributed by atoms with Crippen LogP contribution in [0, 0.1) is 0 Å². The maximum absolute atomic E-state index is 12.2. The van der Waals surface area contributed by atoms with Crippen molar-refractivity contribution in [2.45, 2.75) is 39.3 Å². The fourth-order valence-electron chi connectivity index (χ4n) is 2.82. The average Bonchev–Trinajstić information content (AvgIpc) is 2.86. The van der Waals surface area contributed by atoms with Crippen molar-refractivity contribution in [3.8, 4) is 0 Å². The van der Waals surface area contributed by atoms with Gasteiger partial charge >= 0.3 is 11.8 Å². The molecule has 3 amide bonds. The first-order valence-corrected chi connectivity index (χ1v) is 9.89. The van der Waals surface area contributed by atoms with E-state index in [2.05, 4.69) is 10.7 Å². The van der Waals surface area contributed by atoms with Crippen molar-refractivity contribution in [3.63, 3.8) is 0 Å². The van der Waals surface area contributed by atoms with E-state index in [1.807, 2.05) is 5.43 Å². The second-order valence-electron chi connectivity index (χ2n) is 6.49. The zero-order valence-electron chi connectivity index (χ0n) is 15.0. The number of anilines is 1. The molecule has 1 atom stereocenters. The molecule has 1 aliphatic heterocycles. The Morgan fingerprint density at radius 3 is 2.38 bits per heavy atom. The van der Waals surface area contributed by atoms with E-state index < -0.39 is 27.7 Å². The lowest BCUT2D eigenvalue weighted by atomic mass is 10.1. The van der Waals surface area contributed by atoms with Gasteiger partial charge in [0.05, 0.1) is 11.9 Å². The highest BCUT2D eigenvalue weighted by atomic mass is 32.2. The summed E-state index contributed by atoms with van der Waals surface area (Å²) in [7, 11) is -3.41. The van der Waals surface area contributed by atoms with Crippen LogP contribution in [0.3, 0.4) is 0 Å². The Labute approximate surface area is 152 Å². The van der Waals surface area contributed by atoms with Gasteiger partial charge in [-0.25, -0.2) is 8.42 Å². The SMILES string of the molecule is CC(C)NC(=O)C(=O)NNC(=O)c1ccc2c(c1)C[C@H](C)N2S(C)(=O)=O. The minimum atomic E-state index is -3.41. The van der Waals surface area contributed by atoms with Crippen LogP contribution < -0.4 is 20.5 Å². The molecule has 3 N–H and O–H groups in total. The summed E-state index contributed by atoms with van der Waals surface area (Å²) < 4.78 is 25.1. The van der Waals surface area contributed by atoms with Gasteiger partial charge in [-0.3, -0.25) is 29.5 Å². The van der Waals surface area contributed by atoms with E-state index >= 15 is 0 Å². The van der Waals surface area contributed by atoms with Gasteiger partial charge in [-0.05, 0) is 51.0 Å². The molecule has 0 saturated carbocycles. The highest BCUT2D eigenvalue weighted by molar-refractivity contribution is 7.92. The van der Waals surface area contributed by atoms with Gasteiger partial charge < -0.3 is 5.32 Å². The predicted octanol–water partition coefficient (Wildman–Crippen LogP) is -0.317. The Morgan fingerprint density at radius 1 is 1.15 bits per heavy atom. The summed E-state index contributed by atoms with van der Waals surface area (Å²) in [5.41, 5.74) is 5.71. The van der Waals surface area contributed by atoms with Gasteiger partial charge in [-0.1, -0.05) is 0 Å². The largest absolute Gasteiger partial charge is 0.346 e. The second kappa shape index (κ2) is 7.32. The minimum Gasteiger partial charge on any atom is -0.346 e. The van der Waals surface area contributed by atoms with E-state index in [-0.39, 0.29) is 17.6 Å². The van der Waals surface area contributed by atoms with Crippen molar-refractivity contribution in [1.82, 2.24) is 16.2 Å². The summed E-state index contributed by atoms with van der Waals surface area (Å²) in [6, 6.07) is 4.15. The first kappa shape index (κ1) is 19.7. The molecule has 0 spiro atoms. The highest BCUT2D eigenvalue weighted by Crippen LogP contribution is 2.34. The third kappa shape index (κ3) is 4.31. The molecule has 2 rings (SSSR count). The summed E-state index contributed by atoms with van der Waals surface area (Å²) in [5.74, 6) is -2.44. The third-order valence-electron chi connectivity index (χ3n) is 3.77. The first-order valence-electron chi connectivity index (χ1n) is 8.04. The van der Waals surface area contributed by atoms with E-state index in [1.165, 1.54) is 10.4 Å². The molecule has 1 aliphatic rings. The fourth-order valence-corrected chi connectivity index (χ4v) is 4.08. The number of hydrogen-bond donors (Lipinski definition) is 3. The van der Waals surface area contributed by atoms with Crippen LogP contribution in [0.5, 0.6) is 0 Å². The van der Waals surface area contributed by atoms with Crippen LogP contribution in [0.25, 0.3) is 0 Å². The molecule has 0 aliphatic carbocycles. The number of fused-ring (bicyclic) bond motifs is 1. The predicted molar refractivity (Wildman–Crippen MR) is 95.8 cm³/mol. The Morgan fingerprint density at radius 2 is 1.81 bits per heavy atom. The second-order valence-corrected chi connectivity index (χ2v) is 8.35. The molecule has 0 aromatic heterocycles. The molecule has 10 heteroatoms. The Balaban J connectivity index is 2.07. The number of nitrogens with zero attached hydrogens (tertiary/aromatic N) is 1. The van der Waals surface area contributed by atoms with Gasteiger partial charge in [0.25, 0.3) is 5.91 Å². The maximum Gasteiger partial charge on any atom is 0.327 e. The van der Waals surface area contributed by atoms with Crippen LogP contribution >= 0.6 is 0 Å². The van der Waals surface area contributed by atoms with Crippen LogP contribution in [0.15, 0.2) is 18.2 Å². The first-order chi connectivity index (χ1) is 12.0. The van der Waals surface area contributed by atoms with E-state index in [4.69, 9.17) is 0 Å². The van der Waals surface area contributed by atoms with Gasteiger partial charge in [0, 0.05) is 17.6 Å². The number of rotatable bonds is 3. The number of sulfonamides is 1. The van der Waals surface area contributed by atoms with Crippen molar-refractivity contribution in [3.05, 3.63) is 29.3 Å². The monoisotopic (exact) mass is 382 g/mol. The maximum atomic E-state index is 12.2. The lowest BCUT2D eigenvalue weighted by molar-refractivity contribution is -0.139. The van der Waals surface area contributed by atoms with E-state index in [1.54, 1.807) is 32.9 Å². The van der Waals surface area contributed by atoms with Gasteiger partial charge in [0.15, 0.2) is 0 Å². The topological polar surface area (TPSA) is 125 Å². The van der Waals surface area contributed by atoms with Crippen LogP contribution in [-0.4, -0.2) is 44.5 Å². The van der Waals surface area contributed by atoms with Crippen LogP contribution in [0.1, 0.15) is 36.7 Å². The summed E-state index contributed by atoms with van der Waals surface area (Å²) in [5, 5.41) is 2.40. The van der Waals surface area contributed by atoms with E-state index in [0.717, 1.165) is 11.8 Å². The molecule has 1 heterocycles. The van der Waals surface area contributed by atoms with Crippen LogP contribution in [-0.2, 0) is 26.0 Å². The molecule has 1 aromatic rings. The molecule has 0 fully saturated rings. The molecule has 0 saturated heterocycles. The lowest BCUT2D eigenvalue weighted by Crippen LogP contribution is -2.49. The fraction of sp³-hybridized carbons (Fsp3) is 0.438. The standard InChI is InChI=1S/C16H22N4O5S/c1-9(2)17-15(22)16(23)19-18-14(21)11-5-6-13-12(8-11)7-10(3)20(13)26(4,24)25/h5-6,8-10H,7H2,1-4H3,(H,17,22)(H,18,21)(H,19,23)/t10-/m0/s1. The molecule has 0 bridgehead atoms. The van der Waals surface area contributed by atoms with Gasteiger partial charge in [0.1, 0.15) is 0 Å². The highest BCUT2D eigenvalue weighted by Gasteiger charge is 2.32. The van der Waals surface area contributed by atoms with Crippen LogP contribution in [0.2, 0.25) is 0 Å². The zero-order chi connectivity index (χ0) is 19.6. The number of hydrogen-bond acceptors (Lipinski definition) is 5. The molecule has 0 radical (unpaired) electrons. The molecule has 142 valence electrons. The summed E-state index contributed by atoms with van der Waals surface area (Å²) >= 11 is 0. The molecular weight excluding hydrogens is 360 g/mol. The third-order valence-corrected chi connectivity index (χ3v) is 5.04. The van der Waals surface area contributed by atoms with Crippen molar-refractivity contribution in [2.24, 2.45) is 0 Å². The number of benzene rings is 1. The van der Waals surface area contributed by atoms with Crippen LogP contribution in [0.4, 0.5) is 5.69 Å². The molecule has 1 aromatic carbocycles. The Hall–Kier alpha value is -2.62. The molecule has 9 nitrogen and oxygen atoms in total. The van der Waals surface area contributed by atoms with Crippen molar-refractivity contribution < 1.29 is 22.8 Å². The lowest BCUT2D eigenvalue weighted by Gasteiger charge is -2.21. The Kier molecular flexibility index (Phi) is 5.55. The minimum absolute atomic E-state index is 0.208. The summed E-state index contributed by atoms with van der Waals surface area (Å²) in [4.78, 5) is 35.2. The van der Waals surface area contributed by atoms with E-state index in [0.29, 0.717) is 12.1 Å². The van der Waals surface area contributed by atoms with Crippen molar-refractivity contribution in [2.75, 3.05) is 10.6 Å². The molecule has 26 heavy (non-hydrogen) atoms. The number of nitrogens with one attached hydrogen (secondary N) is 3. The number of hydrazine groups is 1. The normalized spacial score (nSPS) is 16.2. The van der Waals surface area contributed by atoms with Crippen molar-refractivity contribution in [1.29, 1.82) is 0 Å². The number of carbonyl (C=O) groups excluding carboxylic acids is 3. The summed E-state index contributed by atoms with van der Waals surface area (Å²) in [6.45, 7) is 5.19. The van der Waals surface area contributed by atoms with Gasteiger partial charge in [-0.2, -0.15) is 0 Å². The zero-order valence-corrected chi connectivity index (χ0v) is 15.8. The van der Waals surface area contributed by atoms with E-state index in [9.17, 15) is 22.8 Å². The van der Waals surface area contributed by atoms with Crippen molar-refractivity contribution >= 4 is 33.4 Å². The number of carbonyl (C=O) groups is 3. The molecular formula is C16H22N4O5S.